The van der Waals surface area contributed by atoms with Gasteiger partial charge in [0.25, 0.3) is 0 Å². The van der Waals surface area contributed by atoms with Crippen LogP contribution in [0.3, 0.4) is 0 Å². The van der Waals surface area contributed by atoms with Crippen LogP contribution in [0, 0.1) is 0 Å². The quantitative estimate of drug-likeness (QED) is 0.509. The summed E-state index contributed by atoms with van der Waals surface area (Å²) in [5.41, 5.74) is -0.843. The zero-order valence-corrected chi connectivity index (χ0v) is 11.4. The number of hydrogen-bond donors (Lipinski definition) is 0. The maximum Gasteiger partial charge on any atom is 0.509 e. The third-order valence-electron chi connectivity index (χ3n) is 3.44. The first kappa shape index (κ1) is 12.2. The summed E-state index contributed by atoms with van der Waals surface area (Å²) in [5.74, 6) is 0. The van der Waals surface area contributed by atoms with Gasteiger partial charge in [-0.15, -0.1) is 0 Å². The van der Waals surface area contributed by atoms with Crippen molar-refractivity contribution in [1.82, 2.24) is 0 Å². The third-order valence-corrected chi connectivity index (χ3v) is 5.01. The van der Waals surface area contributed by atoms with Crippen LogP contribution in [0.1, 0.15) is 33.6 Å². The molecule has 2 saturated heterocycles. The Labute approximate surface area is 104 Å². The Balaban J connectivity index is 2.22. The van der Waals surface area contributed by atoms with Crippen molar-refractivity contribution in [3.63, 3.8) is 0 Å². The van der Waals surface area contributed by atoms with Gasteiger partial charge >= 0.3 is 6.16 Å². The molecule has 0 radical (unpaired) electrons. The topological polar surface area (TPSA) is 44.8 Å². The molecule has 2 aliphatic rings. The zero-order chi connectivity index (χ0) is 12.0. The summed E-state index contributed by atoms with van der Waals surface area (Å²) < 4.78 is 16.2. The van der Waals surface area contributed by atoms with Crippen LogP contribution >= 0.6 is 15.9 Å². The first-order valence-electron chi connectivity index (χ1n) is 5.51. The molecular weight excluding hydrogens is 276 g/mol. The third kappa shape index (κ3) is 2.07. The minimum atomic E-state index is -0.590. The number of fused-ring (bicyclic) bond motifs is 1. The van der Waals surface area contributed by atoms with Gasteiger partial charge in [0.05, 0.1) is 5.60 Å². The number of alkyl halides is 1. The Kier molecular flexibility index (Phi) is 2.95. The second-order valence-corrected chi connectivity index (χ2v) is 6.30. The van der Waals surface area contributed by atoms with Crippen LogP contribution < -0.4 is 0 Å². The Morgan fingerprint density at radius 1 is 1.38 bits per heavy atom. The van der Waals surface area contributed by atoms with Gasteiger partial charge in [0.2, 0.25) is 0 Å². The lowest BCUT2D eigenvalue weighted by Crippen LogP contribution is -2.53. The molecule has 2 fully saturated rings. The number of rotatable bonds is 0. The van der Waals surface area contributed by atoms with Crippen LogP contribution in [0.5, 0.6) is 0 Å². The summed E-state index contributed by atoms with van der Waals surface area (Å²) in [6.07, 6.45) is 0.912. The highest BCUT2D eigenvalue weighted by Gasteiger charge is 2.50. The Hall–Kier alpha value is -0.290. The van der Waals surface area contributed by atoms with Crippen molar-refractivity contribution >= 4 is 22.1 Å². The van der Waals surface area contributed by atoms with E-state index >= 15 is 0 Å². The standard InChI is InChI=1S/C11H17BrO4/c1-10(2)7(12)4-5-11(3)8(15-10)6-14-9(13)16-11/h7-8H,4-6H2,1-3H3/t7-,8+,11-/m0/s1. The fourth-order valence-electron chi connectivity index (χ4n) is 2.18. The SMILES string of the molecule is CC1(C)O[C@@H]2COC(=O)O[C@@]2(C)CC[C@@H]1Br. The van der Waals surface area contributed by atoms with Gasteiger partial charge in [-0.1, -0.05) is 15.9 Å². The van der Waals surface area contributed by atoms with E-state index in [1.54, 1.807) is 0 Å². The van der Waals surface area contributed by atoms with Crippen LogP contribution in [0.15, 0.2) is 0 Å². The molecule has 0 spiro atoms. The van der Waals surface area contributed by atoms with Gasteiger partial charge in [0.15, 0.2) is 0 Å². The van der Waals surface area contributed by atoms with Gasteiger partial charge in [0.1, 0.15) is 18.3 Å². The normalized spacial score (nSPS) is 42.6. The summed E-state index contributed by atoms with van der Waals surface area (Å²) in [7, 11) is 0. The second kappa shape index (κ2) is 3.88. The van der Waals surface area contributed by atoms with Gasteiger partial charge in [-0.25, -0.2) is 4.79 Å². The summed E-state index contributed by atoms with van der Waals surface area (Å²) in [5, 5.41) is 0. The van der Waals surface area contributed by atoms with Crippen LogP contribution in [-0.4, -0.2) is 34.9 Å². The molecule has 0 bridgehead atoms. The molecule has 2 aliphatic heterocycles. The lowest BCUT2D eigenvalue weighted by atomic mass is 9.92. The monoisotopic (exact) mass is 292 g/mol. The molecule has 4 nitrogen and oxygen atoms in total. The van der Waals surface area contributed by atoms with E-state index in [1.807, 2.05) is 20.8 Å². The van der Waals surface area contributed by atoms with E-state index in [0.29, 0.717) is 0 Å². The van der Waals surface area contributed by atoms with E-state index in [4.69, 9.17) is 14.2 Å². The largest absolute Gasteiger partial charge is 0.509 e. The Morgan fingerprint density at radius 3 is 2.75 bits per heavy atom. The van der Waals surface area contributed by atoms with Crippen molar-refractivity contribution in [2.75, 3.05) is 6.61 Å². The fraction of sp³-hybridized carbons (Fsp3) is 0.909. The molecule has 0 saturated carbocycles. The number of cyclic esters (lactones) is 1. The van der Waals surface area contributed by atoms with E-state index in [0.717, 1.165) is 12.8 Å². The van der Waals surface area contributed by atoms with Crippen LogP contribution in [0.25, 0.3) is 0 Å². The second-order valence-electron chi connectivity index (χ2n) is 5.19. The molecule has 3 atom stereocenters. The highest BCUT2D eigenvalue weighted by Crippen LogP contribution is 2.40. The summed E-state index contributed by atoms with van der Waals surface area (Å²) in [6.45, 7) is 6.26. The van der Waals surface area contributed by atoms with Gasteiger partial charge in [0, 0.05) is 4.83 Å². The minimum absolute atomic E-state index is 0.192. The maximum atomic E-state index is 11.2. The lowest BCUT2D eigenvalue weighted by molar-refractivity contribution is -0.197. The van der Waals surface area contributed by atoms with Gasteiger partial charge in [-0.2, -0.15) is 0 Å². The van der Waals surface area contributed by atoms with Crippen molar-refractivity contribution in [2.45, 2.75) is 55.7 Å². The average molecular weight is 293 g/mol. The molecule has 0 aromatic rings. The number of carbonyl (C=O) groups excluding carboxylic acids is 1. The van der Waals surface area contributed by atoms with Crippen LogP contribution in [0.4, 0.5) is 4.79 Å². The van der Waals surface area contributed by atoms with Crippen molar-refractivity contribution in [2.24, 2.45) is 0 Å². The molecule has 2 rings (SSSR count). The number of hydrogen-bond acceptors (Lipinski definition) is 4. The van der Waals surface area contributed by atoms with Crippen molar-refractivity contribution < 1.29 is 19.0 Å². The zero-order valence-electron chi connectivity index (χ0n) is 9.79. The average Bonchev–Trinajstić information content (AvgIpc) is 2.26. The molecule has 0 amide bonds. The predicted octanol–water partition coefficient (Wildman–Crippen LogP) is 2.63. The number of carbonyl (C=O) groups is 1. The van der Waals surface area contributed by atoms with Gasteiger partial charge < -0.3 is 14.2 Å². The molecule has 16 heavy (non-hydrogen) atoms. The molecule has 0 aromatic heterocycles. The maximum absolute atomic E-state index is 11.2. The van der Waals surface area contributed by atoms with Crippen molar-refractivity contribution in [1.29, 1.82) is 0 Å². The first-order valence-corrected chi connectivity index (χ1v) is 6.43. The fourth-order valence-corrected chi connectivity index (χ4v) is 2.51. The number of ether oxygens (including phenoxy) is 3. The lowest BCUT2D eigenvalue weighted by Gasteiger charge is -2.40. The van der Waals surface area contributed by atoms with E-state index in [-0.39, 0.29) is 23.1 Å². The van der Waals surface area contributed by atoms with E-state index < -0.39 is 11.8 Å². The minimum Gasteiger partial charge on any atom is -0.431 e. The number of halogens is 1. The van der Waals surface area contributed by atoms with Crippen LogP contribution in [-0.2, 0) is 14.2 Å². The first-order chi connectivity index (χ1) is 7.33. The Bertz CT molecular complexity index is 304. The van der Waals surface area contributed by atoms with Crippen LogP contribution in [0.2, 0.25) is 0 Å². The molecule has 2 heterocycles. The molecule has 0 N–H and O–H groups in total. The highest BCUT2D eigenvalue weighted by molar-refractivity contribution is 9.09. The van der Waals surface area contributed by atoms with E-state index in [1.165, 1.54) is 0 Å². The summed E-state index contributed by atoms with van der Waals surface area (Å²) in [6, 6.07) is 0. The van der Waals surface area contributed by atoms with Gasteiger partial charge in [-0.05, 0) is 33.6 Å². The highest BCUT2D eigenvalue weighted by atomic mass is 79.9. The van der Waals surface area contributed by atoms with Gasteiger partial charge in [-0.3, -0.25) is 0 Å². The predicted molar refractivity (Wildman–Crippen MR) is 61.7 cm³/mol. The van der Waals surface area contributed by atoms with Crippen molar-refractivity contribution in [3.05, 3.63) is 0 Å². The molecule has 5 heteroatoms. The van der Waals surface area contributed by atoms with Crippen molar-refractivity contribution in [3.8, 4) is 0 Å². The summed E-state index contributed by atoms with van der Waals surface area (Å²) >= 11 is 3.63. The summed E-state index contributed by atoms with van der Waals surface area (Å²) in [4.78, 5) is 11.4. The molecule has 92 valence electrons. The smallest absolute Gasteiger partial charge is 0.431 e. The van der Waals surface area contributed by atoms with E-state index in [2.05, 4.69) is 15.9 Å². The molecule has 0 unspecified atom stereocenters. The molecular formula is C11H17BrO4. The Morgan fingerprint density at radius 2 is 2.06 bits per heavy atom. The molecule has 0 aromatic carbocycles. The van der Waals surface area contributed by atoms with E-state index in [9.17, 15) is 4.79 Å². The molecule has 0 aliphatic carbocycles.